The number of carbonyl (C=O) groups is 1. The van der Waals surface area contributed by atoms with Crippen molar-refractivity contribution in [1.82, 2.24) is 15.0 Å². The van der Waals surface area contributed by atoms with Crippen molar-refractivity contribution in [2.45, 2.75) is 32.2 Å². The zero-order chi connectivity index (χ0) is 11.7. The first-order chi connectivity index (χ1) is 8.34. The topological polar surface area (TPSA) is 47.8 Å². The molecule has 0 spiro atoms. The highest BCUT2D eigenvalue weighted by Crippen LogP contribution is 2.25. The van der Waals surface area contributed by atoms with Gasteiger partial charge in [0.05, 0.1) is 5.52 Å². The van der Waals surface area contributed by atoms with Crippen LogP contribution >= 0.6 is 0 Å². The molecule has 0 radical (unpaired) electrons. The maximum absolute atomic E-state index is 11.6. The van der Waals surface area contributed by atoms with E-state index in [1.54, 1.807) is 0 Å². The van der Waals surface area contributed by atoms with Crippen molar-refractivity contribution in [1.29, 1.82) is 0 Å². The Morgan fingerprint density at radius 2 is 2.24 bits per heavy atom. The van der Waals surface area contributed by atoms with Crippen molar-refractivity contribution >= 4 is 16.8 Å². The number of fused-ring (bicyclic) bond motifs is 1. The number of hydrogen-bond acceptors (Lipinski definition) is 3. The zero-order valence-corrected chi connectivity index (χ0v) is 9.67. The number of hydrogen-bond donors (Lipinski definition) is 0. The standard InChI is InChI=1S/C13H15N3O/c17-13-7-3-4-10(13)8-9-16-12-6-2-1-5-11(12)14-15-16/h1-2,5-6,10H,3-4,7-9H2. The van der Waals surface area contributed by atoms with E-state index in [4.69, 9.17) is 0 Å². The Hall–Kier alpha value is -1.71. The van der Waals surface area contributed by atoms with Gasteiger partial charge in [0.15, 0.2) is 0 Å². The number of benzene rings is 1. The fraction of sp³-hybridized carbons (Fsp3) is 0.462. The van der Waals surface area contributed by atoms with Gasteiger partial charge in [0, 0.05) is 18.9 Å². The molecular formula is C13H15N3O. The second-order valence-corrected chi connectivity index (χ2v) is 4.65. The van der Waals surface area contributed by atoms with Gasteiger partial charge < -0.3 is 0 Å². The molecule has 3 rings (SSSR count). The first-order valence-corrected chi connectivity index (χ1v) is 6.15. The average molecular weight is 229 g/mol. The highest BCUT2D eigenvalue weighted by molar-refractivity contribution is 5.82. The minimum Gasteiger partial charge on any atom is -0.299 e. The lowest BCUT2D eigenvalue weighted by Gasteiger charge is -2.07. The second-order valence-electron chi connectivity index (χ2n) is 4.65. The zero-order valence-electron chi connectivity index (χ0n) is 9.67. The second kappa shape index (κ2) is 4.28. The summed E-state index contributed by atoms with van der Waals surface area (Å²) in [6.07, 6.45) is 3.77. The Kier molecular flexibility index (Phi) is 2.63. The third kappa shape index (κ3) is 1.95. The van der Waals surface area contributed by atoms with Crippen LogP contribution in [0.2, 0.25) is 0 Å². The van der Waals surface area contributed by atoms with Gasteiger partial charge in [-0.25, -0.2) is 4.68 Å². The molecule has 88 valence electrons. The molecule has 1 fully saturated rings. The van der Waals surface area contributed by atoms with E-state index in [1.165, 1.54) is 0 Å². The molecule has 1 aliphatic rings. The van der Waals surface area contributed by atoms with Crippen molar-refractivity contribution in [2.75, 3.05) is 0 Å². The molecule has 0 saturated heterocycles. The molecule has 1 aromatic heterocycles. The van der Waals surface area contributed by atoms with Crippen molar-refractivity contribution in [3.8, 4) is 0 Å². The highest BCUT2D eigenvalue weighted by atomic mass is 16.1. The van der Waals surface area contributed by atoms with Gasteiger partial charge in [-0.1, -0.05) is 17.3 Å². The van der Waals surface area contributed by atoms with E-state index in [1.807, 2.05) is 28.9 Å². The molecule has 0 aliphatic heterocycles. The first-order valence-electron chi connectivity index (χ1n) is 6.15. The van der Waals surface area contributed by atoms with Crippen molar-refractivity contribution in [3.63, 3.8) is 0 Å². The Morgan fingerprint density at radius 1 is 1.35 bits per heavy atom. The lowest BCUT2D eigenvalue weighted by molar-refractivity contribution is -0.120. The Morgan fingerprint density at radius 3 is 3.06 bits per heavy atom. The molecule has 1 heterocycles. The average Bonchev–Trinajstić information content (AvgIpc) is 2.93. The van der Waals surface area contributed by atoms with Gasteiger partial charge in [-0.05, 0) is 31.4 Å². The van der Waals surface area contributed by atoms with Crippen LogP contribution in [0.3, 0.4) is 0 Å². The predicted molar refractivity (Wildman–Crippen MR) is 64.5 cm³/mol. The number of ketones is 1. The van der Waals surface area contributed by atoms with Gasteiger partial charge in [-0.2, -0.15) is 0 Å². The van der Waals surface area contributed by atoms with E-state index >= 15 is 0 Å². The summed E-state index contributed by atoms with van der Waals surface area (Å²) in [5, 5.41) is 8.25. The van der Waals surface area contributed by atoms with Gasteiger partial charge >= 0.3 is 0 Å². The molecule has 1 atom stereocenters. The molecule has 17 heavy (non-hydrogen) atoms. The summed E-state index contributed by atoms with van der Waals surface area (Å²) in [7, 11) is 0. The normalized spacial score (nSPS) is 20.2. The van der Waals surface area contributed by atoms with E-state index in [-0.39, 0.29) is 5.92 Å². The Balaban J connectivity index is 1.74. The molecule has 1 aromatic carbocycles. The Labute approximate surface area is 99.6 Å². The van der Waals surface area contributed by atoms with E-state index in [0.29, 0.717) is 5.78 Å². The fourth-order valence-electron chi connectivity index (χ4n) is 2.55. The predicted octanol–water partition coefficient (Wildman–Crippen LogP) is 2.19. The minimum atomic E-state index is 0.248. The maximum Gasteiger partial charge on any atom is 0.136 e. The largest absolute Gasteiger partial charge is 0.299 e. The van der Waals surface area contributed by atoms with Crippen LogP contribution in [0.25, 0.3) is 11.0 Å². The lowest BCUT2D eigenvalue weighted by Crippen LogP contribution is -2.11. The highest BCUT2D eigenvalue weighted by Gasteiger charge is 2.24. The van der Waals surface area contributed by atoms with Crippen LogP contribution in [0, 0.1) is 5.92 Å². The number of aryl methyl sites for hydroxylation is 1. The summed E-state index contributed by atoms with van der Waals surface area (Å²) < 4.78 is 1.90. The number of carbonyl (C=O) groups excluding carboxylic acids is 1. The van der Waals surface area contributed by atoms with Crippen LogP contribution in [0.15, 0.2) is 24.3 Å². The van der Waals surface area contributed by atoms with Gasteiger partial charge in [0.1, 0.15) is 11.3 Å². The van der Waals surface area contributed by atoms with Gasteiger partial charge in [-0.15, -0.1) is 5.10 Å². The van der Waals surface area contributed by atoms with Crippen LogP contribution < -0.4 is 0 Å². The number of rotatable bonds is 3. The monoisotopic (exact) mass is 229 g/mol. The minimum absolute atomic E-state index is 0.248. The smallest absolute Gasteiger partial charge is 0.136 e. The van der Waals surface area contributed by atoms with E-state index in [9.17, 15) is 4.79 Å². The molecule has 4 nitrogen and oxygen atoms in total. The molecule has 0 N–H and O–H groups in total. The lowest BCUT2D eigenvalue weighted by atomic mass is 10.0. The number of Topliss-reactive ketones (excluding diaryl/α,β-unsaturated/α-hetero) is 1. The Bertz CT molecular complexity index is 546. The molecule has 1 aliphatic carbocycles. The van der Waals surface area contributed by atoms with Crippen molar-refractivity contribution in [2.24, 2.45) is 5.92 Å². The summed E-state index contributed by atoms with van der Waals surface area (Å²) in [4.78, 5) is 11.6. The fourth-order valence-corrected chi connectivity index (χ4v) is 2.55. The van der Waals surface area contributed by atoms with E-state index in [0.717, 1.165) is 43.3 Å². The third-order valence-electron chi connectivity index (χ3n) is 3.54. The van der Waals surface area contributed by atoms with Crippen LogP contribution in [-0.2, 0) is 11.3 Å². The van der Waals surface area contributed by atoms with Crippen LogP contribution in [-0.4, -0.2) is 20.8 Å². The quantitative estimate of drug-likeness (QED) is 0.810. The summed E-state index contributed by atoms with van der Waals surface area (Å²) >= 11 is 0. The van der Waals surface area contributed by atoms with Crippen LogP contribution in [0.1, 0.15) is 25.7 Å². The van der Waals surface area contributed by atoms with Gasteiger partial charge in [0.25, 0.3) is 0 Å². The number of nitrogens with zero attached hydrogens (tertiary/aromatic N) is 3. The van der Waals surface area contributed by atoms with E-state index in [2.05, 4.69) is 10.3 Å². The summed E-state index contributed by atoms with van der Waals surface area (Å²) in [6.45, 7) is 0.789. The molecule has 1 unspecified atom stereocenters. The molecule has 2 aromatic rings. The molecule has 4 heteroatoms. The molecule has 0 amide bonds. The summed E-state index contributed by atoms with van der Waals surface area (Å²) in [5.74, 6) is 0.674. The molecular weight excluding hydrogens is 214 g/mol. The molecule has 1 saturated carbocycles. The van der Waals surface area contributed by atoms with Gasteiger partial charge in [0.2, 0.25) is 0 Å². The number of aromatic nitrogens is 3. The van der Waals surface area contributed by atoms with Gasteiger partial charge in [-0.3, -0.25) is 4.79 Å². The van der Waals surface area contributed by atoms with Crippen molar-refractivity contribution < 1.29 is 4.79 Å². The first kappa shape index (κ1) is 10.4. The number of para-hydroxylation sites is 1. The van der Waals surface area contributed by atoms with Crippen molar-refractivity contribution in [3.05, 3.63) is 24.3 Å². The van der Waals surface area contributed by atoms with E-state index < -0.39 is 0 Å². The molecule has 0 bridgehead atoms. The summed E-state index contributed by atoms with van der Waals surface area (Å²) in [6, 6.07) is 7.93. The maximum atomic E-state index is 11.6. The van der Waals surface area contributed by atoms with Crippen LogP contribution in [0.5, 0.6) is 0 Å². The third-order valence-corrected chi connectivity index (χ3v) is 3.54. The SMILES string of the molecule is O=C1CCCC1CCn1nnc2ccccc21. The summed E-state index contributed by atoms with van der Waals surface area (Å²) in [5.41, 5.74) is 1.98. The van der Waals surface area contributed by atoms with Crippen LogP contribution in [0.4, 0.5) is 0 Å².